The van der Waals surface area contributed by atoms with Crippen LogP contribution in [0.1, 0.15) is 0 Å². The van der Waals surface area contributed by atoms with E-state index >= 15 is 0 Å². The number of ether oxygens (including phenoxy) is 3. The van der Waals surface area contributed by atoms with Crippen molar-refractivity contribution < 1.29 is 132 Å². The standard InChI is InChI=1S/C48H46Cl2N16O16S4.4C6H15NO3/c49-33-36-40(82-38-30(58-36)8-10-32(42(38)86(76,77)78)52-12-14-54-44-60-46(64-48(62-44)66-17-21-80-22-18-66)56-26-4-2-6-28(24-26)84(70,71)72)34(50)35-39(33)81-37-29(57-35)7-9-31(41(37)85(73,74)75)51-11-13-53-43-59-45(63-47(61-43)65-15-19-79-20-16-65)55-25-3-1-5-27(23-25)83(67,68)69;4*8-4-1-7(2-5-9)3-6-10/h1-10,23-24,51,57H,11-22H2,(H,67,68,69)(H,70,71,72)(H,73,74,75)(H,76,77,78)(H2,53,55,59,61,63)(H2,54,56,60,62,64);4*8-10H,1-6H2. The lowest BCUT2D eigenvalue weighted by molar-refractivity contribution is 0.122. The van der Waals surface area contributed by atoms with Crippen molar-refractivity contribution in [1.82, 2.24) is 54.5 Å². The van der Waals surface area contributed by atoms with Crippen LogP contribution in [0, 0.1) is 0 Å². The van der Waals surface area contributed by atoms with E-state index in [-0.39, 0.29) is 217 Å². The van der Waals surface area contributed by atoms with Gasteiger partial charge in [0.2, 0.25) is 35.7 Å². The lowest BCUT2D eigenvalue weighted by Gasteiger charge is -2.27. The molecule has 126 heavy (non-hydrogen) atoms. The maximum atomic E-state index is 13.2. The second kappa shape index (κ2) is 52.6. The van der Waals surface area contributed by atoms with Gasteiger partial charge in [-0.05, 0) is 60.7 Å². The molecule has 22 N–H and O–H groups in total. The number of hydrogen-bond donors (Lipinski definition) is 22. The minimum absolute atomic E-state index is 0.00777. The zero-order valence-corrected chi connectivity index (χ0v) is 72.9. The quantitative estimate of drug-likeness (QED) is 0.0114. The molecule has 0 radical (unpaired) electrons. The summed E-state index contributed by atoms with van der Waals surface area (Å²) in [5, 5.41) is 119. The smallest absolute Gasteiger partial charge is 0.300 e. The van der Waals surface area contributed by atoms with Crippen LogP contribution in [0.5, 0.6) is 11.5 Å². The highest BCUT2D eigenvalue weighted by Crippen LogP contribution is 2.55. The number of nitrogens with zero attached hydrogens (tertiary/aromatic N) is 14. The Kier molecular flexibility index (Phi) is 43.6. The van der Waals surface area contributed by atoms with Crippen molar-refractivity contribution in [2.75, 3.05) is 278 Å². The molecule has 700 valence electrons. The normalized spacial score (nSPS) is 13.6. The summed E-state index contributed by atoms with van der Waals surface area (Å²) in [6.07, 6.45) is 0. The molecule has 0 spiro atoms. The highest BCUT2D eigenvalue weighted by molar-refractivity contribution is 7.86. The molecule has 4 aliphatic heterocycles. The van der Waals surface area contributed by atoms with Crippen LogP contribution in [0.2, 0.25) is 10.0 Å². The predicted molar refractivity (Wildman–Crippen MR) is 462 cm³/mol. The van der Waals surface area contributed by atoms with Gasteiger partial charge in [0, 0.05) is 136 Å². The van der Waals surface area contributed by atoms with E-state index in [2.05, 4.69) is 71.8 Å². The van der Waals surface area contributed by atoms with E-state index in [1.807, 2.05) is 9.80 Å². The third-order valence-electron chi connectivity index (χ3n) is 17.9. The van der Waals surface area contributed by atoms with Crippen LogP contribution in [0.3, 0.4) is 0 Å². The first-order valence-electron chi connectivity index (χ1n) is 39.0. The average Bonchev–Trinajstić information content (AvgIpc) is 0.721. The van der Waals surface area contributed by atoms with E-state index in [1.54, 1.807) is 19.6 Å². The largest absolute Gasteiger partial charge is 0.450 e. The highest BCUT2D eigenvalue weighted by atomic mass is 35.5. The Hall–Kier alpha value is -8.78. The van der Waals surface area contributed by atoms with Gasteiger partial charge in [-0.25, -0.2) is 4.98 Å². The number of fused-ring (bicyclic) bond motifs is 4. The Morgan fingerprint density at radius 2 is 0.817 bits per heavy atom. The summed E-state index contributed by atoms with van der Waals surface area (Å²) in [6.45, 7) is 10.3. The molecule has 2 saturated heterocycles. The molecule has 0 amide bonds. The third kappa shape index (κ3) is 32.5. The molecule has 4 aromatic carbocycles. The molecule has 2 aromatic heterocycles. The summed E-state index contributed by atoms with van der Waals surface area (Å²) in [4.78, 5) is 44.4. The predicted octanol–water partition coefficient (Wildman–Crippen LogP) is -1.80. The first kappa shape index (κ1) is 104. The molecule has 11 rings (SSSR count). The maximum Gasteiger partial charge on any atom is 0.300 e. The summed E-state index contributed by atoms with van der Waals surface area (Å²) >= 11 is 13.9. The molecule has 0 unspecified atom stereocenters. The van der Waals surface area contributed by atoms with Crippen molar-refractivity contribution in [2.45, 2.75) is 19.6 Å². The van der Waals surface area contributed by atoms with Gasteiger partial charge in [0.1, 0.15) is 26.9 Å². The van der Waals surface area contributed by atoms with E-state index in [1.165, 1.54) is 72.8 Å². The molecule has 0 saturated carbocycles. The number of hydrogen-bond acceptors (Lipinski definition) is 44. The van der Waals surface area contributed by atoms with Crippen LogP contribution >= 0.6 is 23.2 Å². The van der Waals surface area contributed by atoms with Gasteiger partial charge in [-0.1, -0.05) is 35.3 Å². The second-order valence-electron chi connectivity index (χ2n) is 26.7. The fraction of sp³-hybridized carbons (Fsp3) is 0.500. The number of rotatable bonds is 43. The lowest BCUT2D eigenvalue weighted by Crippen LogP contribution is -2.37. The van der Waals surface area contributed by atoms with Crippen LogP contribution in [0.25, 0.3) is 22.6 Å². The van der Waals surface area contributed by atoms with Crippen LogP contribution in [-0.2, 0) is 49.9 Å². The molecule has 0 bridgehead atoms. The topological polar surface area (TPSA) is 695 Å². The van der Waals surface area contributed by atoms with Crippen molar-refractivity contribution in [3.05, 3.63) is 88.2 Å². The SMILES string of the molecule is O=S(=O)(O)c1cccc(Nc2nc(NCCN=c3ccc4nc5c(Cl)c6c(c(Cl)c5oc-4c3S(=O)(=O)O)Nc3ccc(NCCNc4nc(Nc5cccc(S(=O)(=O)O)c5)nc(N5CCOCC5)n4)c(S(=O)(=O)O)c3O6)nc(N3CCOCC3)n2)c1.OCCN(CCO)CCO.OCCN(CCO)CCO.OCCN(CCO)CCO.OCCN(CCO)CCO. The van der Waals surface area contributed by atoms with E-state index in [9.17, 15) is 51.9 Å². The highest BCUT2D eigenvalue weighted by Gasteiger charge is 2.35. The molecule has 48 nitrogen and oxygen atoms in total. The average molecular weight is 1900 g/mol. The molecular formula is C72H106Cl2N20O28S4. The van der Waals surface area contributed by atoms with Crippen LogP contribution in [0.4, 0.5) is 64.1 Å². The number of benzene rings is 5. The molecular weight excluding hydrogens is 1790 g/mol. The number of aliphatic hydroxyl groups is 12. The number of aromatic nitrogens is 7. The Labute approximate surface area is 735 Å². The minimum atomic E-state index is -5.14. The summed E-state index contributed by atoms with van der Waals surface area (Å²) in [6, 6.07) is 16.0. The summed E-state index contributed by atoms with van der Waals surface area (Å²) in [5.41, 5.74) is -0.381. The third-order valence-corrected chi connectivity index (χ3v) is 22.1. The molecule has 6 aromatic rings. The van der Waals surface area contributed by atoms with Gasteiger partial charge < -0.3 is 122 Å². The zero-order chi connectivity index (χ0) is 92.0. The maximum absolute atomic E-state index is 13.2. The Morgan fingerprint density at radius 1 is 0.429 bits per heavy atom. The molecule has 54 heteroatoms. The number of anilines is 11. The summed E-state index contributed by atoms with van der Waals surface area (Å²) in [5.74, 6) is -0.498. The minimum Gasteiger partial charge on any atom is -0.450 e. The van der Waals surface area contributed by atoms with E-state index < -0.39 is 61.8 Å². The molecule has 1 aliphatic carbocycles. The fourth-order valence-corrected chi connectivity index (χ4v) is 15.2. The first-order chi connectivity index (χ1) is 60.3. The number of morpholine rings is 2. The van der Waals surface area contributed by atoms with Crippen molar-refractivity contribution in [2.24, 2.45) is 4.99 Å². The van der Waals surface area contributed by atoms with Crippen molar-refractivity contribution in [3.63, 3.8) is 0 Å². The van der Waals surface area contributed by atoms with Gasteiger partial charge in [0.25, 0.3) is 30.4 Å². The number of nitrogens with one attached hydrogen (secondary N) is 6. The van der Waals surface area contributed by atoms with Crippen LogP contribution in [0.15, 0.2) is 102 Å². The van der Waals surface area contributed by atoms with Crippen molar-refractivity contribution >= 4 is 139 Å². The van der Waals surface area contributed by atoms with Gasteiger partial charge in [-0.2, -0.15) is 63.6 Å². The molecule has 6 heterocycles. The number of aliphatic hydroxyl groups excluding tert-OH is 12. The lowest BCUT2D eigenvalue weighted by atomic mass is 10.1. The van der Waals surface area contributed by atoms with E-state index in [0.29, 0.717) is 131 Å². The van der Waals surface area contributed by atoms with Crippen molar-refractivity contribution in [1.29, 1.82) is 0 Å². The van der Waals surface area contributed by atoms with E-state index in [0.717, 1.165) is 0 Å². The first-order valence-corrected chi connectivity index (χ1v) is 45.5. The van der Waals surface area contributed by atoms with Crippen molar-refractivity contribution in [3.8, 4) is 23.0 Å². The summed E-state index contributed by atoms with van der Waals surface area (Å²) in [7, 11) is -19.3. The van der Waals surface area contributed by atoms with Gasteiger partial charge >= 0.3 is 10.1 Å². The molecule has 2 fully saturated rings. The Balaban J connectivity index is 0.000000447. The Morgan fingerprint density at radius 3 is 1.21 bits per heavy atom. The Bertz CT molecular complexity index is 5130. The van der Waals surface area contributed by atoms with Gasteiger partial charge in [-0.15, -0.1) is 0 Å². The van der Waals surface area contributed by atoms with Crippen LogP contribution < -0.4 is 51.8 Å². The zero-order valence-electron chi connectivity index (χ0n) is 68.1. The molecule has 0 atom stereocenters. The van der Waals surface area contributed by atoms with Gasteiger partial charge in [0.15, 0.2) is 32.6 Å². The molecule has 5 aliphatic rings. The van der Waals surface area contributed by atoms with Crippen LogP contribution in [-0.4, -0.2) is 404 Å². The van der Waals surface area contributed by atoms with E-state index in [4.69, 9.17) is 103 Å². The summed E-state index contributed by atoms with van der Waals surface area (Å²) < 4.78 is 164. The monoisotopic (exact) mass is 1900 g/mol. The second-order valence-corrected chi connectivity index (χ2v) is 33.0. The number of halogens is 2. The van der Waals surface area contributed by atoms with Gasteiger partial charge in [-0.3, -0.25) is 42.8 Å². The van der Waals surface area contributed by atoms with Gasteiger partial charge in [0.05, 0.1) is 139 Å². The fourth-order valence-electron chi connectivity index (χ4n) is 12.0.